The van der Waals surface area contributed by atoms with Gasteiger partial charge in [-0.15, -0.1) is 0 Å². The van der Waals surface area contributed by atoms with Crippen LogP contribution in [-0.4, -0.2) is 41.3 Å². The van der Waals surface area contributed by atoms with Crippen LogP contribution in [0, 0.1) is 5.92 Å². The van der Waals surface area contributed by atoms with Crippen LogP contribution in [0.1, 0.15) is 53.4 Å². The molecule has 0 aromatic heterocycles. The summed E-state index contributed by atoms with van der Waals surface area (Å²) in [6.07, 6.45) is 3.08. The Morgan fingerprint density at radius 1 is 1.15 bits per heavy atom. The Hall–Kier alpha value is -1.26. The third-order valence-corrected chi connectivity index (χ3v) is 3.96. The van der Waals surface area contributed by atoms with Gasteiger partial charge in [0.15, 0.2) is 0 Å². The van der Waals surface area contributed by atoms with Gasteiger partial charge in [0, 0.05) is 12.1 Å². The number of hydrogen-bond donors (Lipinski definition) is 0. The summed E-state index contributed by atoms with van der Waals surface area (Å²) in [6, 6.07) is 0.246. The number of ether oxygens (including phenoxy) is 2. The van der Waals surface area contributed by atoms with Crippen LogP contribution in [0.3, 0.4) is 0 Å². The Balaban J connectivity index is 2.00. The molecule has 2 aliphatic heterocycles. The number of fused-ring (bicyclic) bond motifs is 2. The first kappa shape index (κ1) is 15.1. The highest BCUT2D eigenvalue weighted by atomic mass is 16.6. The molecule has 2 heterocycles. The van der Waals surface area contributed by atoms with Crippen LogP contribution in [0.5, 0.6) is 0 Å². The van der Waals surface area contributed by atoms with E-state index in [1.165, 1.54) is 0 Å². The Labute approximate surface area is 120 Å². The first-order valence-corrected chi connectivity index (χ1v) is 7.49. The van der Waals surface area contributed by atoms with Crippen molar-refractivity contribution in [3.05, 3.63) is 0 Å². The van der Waals surface area contributed by atoms with Gasteiger partial charge in [-0.2, -0.15) is 0 Å². The lowest BCUT2D eigenvalue weighted by molar-refractivity contribution is -0.150. The third kappa shape index (κ3) is 3.25. The number of amides is 1. The maximum atomic E-state index is 12.3. The predicted molar refractivity (Wildman–Crippen MR) is 74.2 cm³/mol. The molecular weight excluding hydrogens is 258 g/mol. The summed E-state index contributed by atoms with van der Waals surface area (Å²) in [4.78, 5) is 26.0. The predicted octanol–water partition coefficient (Wildman–Crippen LogP) is 2.73. The van der Waals surface area contributed by atoms with Gasteiger partial charge in [0.2, 0.25) is 0 Å². The van der Waals surface area contributed by atoms with Crippen LogP contribution < -0.4 is 0 Å². The molecule has 0 aromatic carbocycles. The minimum Gasteiger partial charge on any atom is -0.466 e. The standard InChI is InChI=1S/C15H25NO4/c1-5-19-13(17)10-8-11-6-7-12(9-10)16(11)14(18)20-15(2,3)4/h10-12H,5-9H2,1-4H3. The van der Waals surface area contributed by atoms with Gasteiger partial charge in [-0.3, -0.25) is 4.79 Å². The number of carbonyl (C=O) groups excluding carboxylic acids is 2. The zero-order valence-corrected chi connectivity index (χ0v) is 12.8. The van der Waals surface area contributed by atoms with E-state index in [-0.39, 0.29) is 30.1 Å². The molecule has 0 saturated carbocycles. The molecular formula is C15H25NO4. The van der Waals surface area contributed by atoms with Crippen molar-refractivity contribution in [1.29, 1.82) is 0 Å². The molecule has 2 fully saturated rings. The molecule has 2 rings (SSSR count). The second-order valence-electron chi connectivity index (χ2n) is 6.69. The maximum absolute atomic E-state index is 12.3. The van der Waals surface area contributed by atoms with Gasteiger partial charge >= 0.3 is 12.1 Å². The SMILES string of the molecule is CCOC(=O)C1CC2CCC(C1)N2C(=O)OC(C)(C)C. The van der Waals surface area contributed by atoms with Crippen LogP contribution in [-0.2, 0) is 14.3 Å². The summed E-state index contributed by atoms with van der Waals surface area (Å²) in [5, 5.41) is 0. The molecule has 0 N–H and O–H groups in total. The molecule has 2 aliphatic rings. The van der Waals surface area contributed by atoms with E-state index in [4.69, 9.17) is 9.47 Å². The highest BCUT2D eigenvalue weighted by Crippen LogP contribution is 2.39. The Bertz CT molecular complexity index is 374. The van der Waals surface area contributed by atoms with Crippen molar-refractivity contribution in [3.8, 4) is 0 Å². The summed E-state index contributed by atoms with van der Waals surface area (Å²) >= 11 is 0. The molecule has 2 saturated heterocycles. The minimum atomic E-state index is -0.478. The average Bonchev–Trinajstić information content (AvgIpc) is 2.58. The molecule has 114 valence electrons. The van der Waals surface area contributed by atoms with E-state index >= 15 is 0 Å². The van der Waals surface area contributed by atoms with Crippen LogP contribution in [0.25, 0.3) is 0 Å². The van der Waals surface area contributed by atoms with Crippen LogP contribution in [0.2, 0.25) is 0 Å². The summed E-state index contributed by atoms with van der Waals surface area (Å²) in [7, 11) is 0. The summed E-state index contributed by atoms with van der Waals surface area (Å²) in [5.74, 6) is -0.181. The lowest BCUT2D eigenvalue weighted by Crippen LogP contribution is -2.49. The lowest BCUT2D eigenvalue weighted by Gasteiger charge is -2.38. The topological polar surface area (TPSA) is 55.8 Å². The average molecular weight is 283 g/mol. The van der Waals surface area contributed by atoms with Gasteiger partial charge in [-0.05, 0) is 53.4 Å². The Morgan fingerprint density at radius 3 is 2.15 bits per heavy atom. The fraction of sp³-hybridized carbons (Fsp3) is 0.867. The zero-order chi connectivity index (χ0) is 14.9. The molecule has 0 radical (unpaired) electrons. The Kier molecular flexibility index (Phi) is 4.25. The first-order chi connectivity index (χ1) is 9.31. The van der Waals surface area contributed by atoms with Crippen molar-refractivity contribution in [2.24, 2.45) is 5.92 Å². The van der Waals surface area contributed by atoms with Crippen molar-refractivity contribution >= 4 is 12.1 Å². The van der Waals surface area contributed by atoms with Gasteiger partial charge in [-0.25, -0.2) is 4.79 Å². The van der Waals surface area contributed by atoms with E-state index in [9.17, 15) is 9.59 Å². The molecule has 2 atom stereocenters. The van der Waals surface area contributed by atoms with Gasteiger partial charge in [0.05, 0.1) is 12.5 Å². The number of carbonyl (C=O) groups is 2. The summed E-state index contributed by atoms with van der Waals surface area (Å²) in [5.41, 5.74) is -0.478. The molecule has 20 heavy (non-hydrogen) atoms. The second kappa shape index (κ2) is 5.62. The van der Waals surface area contributed by atoms with Crippen molar-refractivity contribution in [3.63, 3.8) is 0 Å². The number of nitrogens with zero attached hydrogens (tertiary/aromatic N) is 1. The quantitative estimate of drug-likeness (QED) is 0.731. The number of rotatable bonds is 2. The molecule has 2 bridgehead atoms. The van der Waals surface area contributed by atoms with Gasteiger partial charge in [0.1, 0.15) is 5.60 Å². The largest absolute Gasteiger partial charge is 0.466 e. The van der Waals surface area contributed by atoms with E-state index in [1.54, 1.807) is 0 Å². The van der Waals surface area contributed by atoms with Crippen molar-refractivity contribution in [2.45, 2.75) is 71.1 Å². The fourth-order valence-corrected chi connectivity index (χ4v) is 3.24. The van der Waals surface area contributed by atoms with E-state index in [0.29, 0.717) is 19.4 Å². The molecule has 0 aromatic rings. The molecule has 0 aliphatic carbocycles. The molecule has 2 unspecified atom stereocenters. The van der Waals surface area contributed by atoms with Crippen LogP contribution in [0.4, 0.5) is 4.79 Å². The lowest BCUT2D eigenvalue weighted by atomic mass is 9.91. The van der Waals surface area contributed by atoms with E-state index in [1.807, 2.05) is 32.6 Å². The van der Waals surface area contributed by atoms with Gasteiger partial charge < -0.3 is 14.4 Å². The Morgan fingerprint density at radius 2 is 1.70 bits per heavy atom. The fourth-order valence-electron chi connectivity index (χ4n) is 3.24. The van der Waals surface area contributed by atoms with E-state index in [2.05, 4.69) is 0 Å². The van der Waals surface area contributed by atoms with Gasteiger partial charge in [-0.1, -0.05) is 0 Å². The number of hydrogen-bond acceptors (Lipinski definition) is 4. The number of esters is 1. The highest BCUT2D eigenvalue weighted by Gasteiger charge is 2.46. The maximum Gasteiger partial charge on any atom is 0.410 e. The molecule has 0 spiro atoms. The van der Waals surface area contributed by atoms with Crippen molar-refractivity contribution in [1.82, 2.24) is 4.90 Å². The normalized spacial score (nSPS) is 29.2. The smallest absolute Gasteiger partial charge is 0.410 e. The summed E-state index contributed by atoms with van der Waals surface area (Å²) < 4.78 is 10.6. The van der Waals surface area contributed by atoms with Crippen LogP contribution >= 0.6 is 0 Å². The van der Waals surface area contributed by atoms with E-state index in [0.717, 1.165) is 12.8 Å². The summed E-state index contributed by atoms with van der Waals surface area (Å²) in [6.45, 7) is 7.86. The monoisotopic (exact) mass is 283 g/mol. The van der Waals surface area contributed by atoms with Gasteiger partial charge in [0.25, 0.3) is 0 Å². The zero-order valence-electron chi connectivity index (χ0n) is 12.8. The minimum absolute atomic E-state index is 0.0638. The van der Waals surface area contributed by atoms with Crippen molar-refractivity contribution < 1.29 is 19.1 Å². The molecule has 1 amide bonds. The molecule has 5 heteroatoms. The van der Waals surface area contributed by atoms with E-state index < -0.39 is 5.60 Å². The van der Waals surface area contributed by atoms with Crippen molar-refractivity contribution in [2.75, 3.05) is 6.61 Å². The number of piperidine rings is 1. The van der Waals surface area contributed by atoms with Crippen LogP contribution in [0.15, 0.2) is 0 Å². The highest BCUT2D eigenvalue weighted by molar-refractivity contribution is 5.74. The third-order valence-electron chi connectivity index (χ3n) is 3.96. The molecule has 5 nitrogen and oxygen atoms in total. The first-order valence-electron chi connectivity index (χ1n) is 7.49. The second-order valence-corrected chi connectivity index (χ2v) is 6.69.